The molecule has 2 aromatic carbocycles. The topological polar surface area (TPSA) is 122 Å². The van der Waals surface area contributed by atoms with E-state index in [-0.39, 0.29) is 49.5 Å². The molecule has 0 aliphatic heterocycles. The number of carbonyl (C=O) groups is 3. The normalized spacial score (nSPS) is 12.1. The maximum atomic E-state index is 13.0. The Bertz CT molecular complexity index is 1150. The molecule has 10 heteroatoms. The number of sulfonamides is 1. The highest BCUT2D eigenvalue weighted by Gasteiger charge is 2.26. The summed E-state index contributed by atoms with van der Waals surface area (Å²) in [5, 5.41) is 2.65. The van der Waals surface area contributed by atoms with Crippen LogP contribution in [0.2, 0.25) is 0 Å². The minimum atomic E-state index is -3.80. The maximum Gasteiger partial charge on any atom is 0.323 e. The molecule has 1 unspecified atom stereocenters. The Morgan fingerprint density at radius 2 is 1.73 bits per heavy atom. The summed E-state index contributed by atoms with van der Waals surface area (Å²) in [6.07, 6.45) is 0.459. The van der Waals surface area contributed by atoms with Crippen LogP contribution in [0.25, 0.3) is 0 Å². The lowest BCUT2D eigenvalue weighted by atomic mass is 10.1. The van der Waals surface area contributed by atoms with E-state index in [1.54, 1.807) is 18.2 Å². The van der Waals surface area contributed by atoms with Gasteiger partial charge in [-0.2, -0.15) is 0 Å². The predicted molar refractivity (Wildman–Crippen MR) is 142 cm³/mol. The Balaban J connectivity index is 2.02. The molecular weight excluding hydrogens is 494 g/mol. The van der Waals surface area contributed by atoms with Gasteiger partial charge in [-0.05, 0) is 43.4 Å². The minimum absolute atomic E-state index is 0.0841. The van der Waals surface area contributed by atoms with Crippen LogP contribution in [0.5, 0.6) is 0 Å². The first-order chi connectivity index (χ1) is 17.5. The van der Waals surface area contributed by atoms with Crippen molar-refractivity contribution < 1.29 is 27.5 Å². The van der Waals surface area contributed by atoms with Crippen molar-refractivity contribution in [1.29, 1.82) is 0 Å². The summed E-state index contributed by atoms with van der Waals surface area (Å²) < 4.78 is 32.5. The van der Waals surface area contributed by atoms with E-state index in [0.717, 1.165) is 11.1 Å². The molecule has 0 saturated heterocycles. The quantitative estimate of drug-likeness (QED) is 0.362. The van der Waals surface area contributed by atoms with E-state index in [9.17, 15) is 22.8 Å². The van der Waals surface area contributed by atoms with Gasteiger partial charge in [0.25, 0.3) is 5.91 Å². The lowest BCUT2D eigenvalue weighted by Crippen LogP contribution is -2.44. The largest absolute Gasteiger partial charge is 0.468 e. The Kier molecular flexibility index (Phi) is 11.7. The van der Waals surface area contributed by atoms with Gasteiger partial charge in [-0.1, -0.05) is 61.9 Å². The van der Waals surface area contributed by atoms with Gasteiger partial charge in [-0.25, -0.2) is 13.1 Å². The molecule has 0 saturated carbocycles. The number of hydrogen-bond acceptors (Lipinski definition) is 6. The molecule has 37 heavy (non-hydrogen) atoms. The van der Waals surface area contributed by atoms with Crippen molar-refractivity contribution in [2.75, 3.05) is 26.0 Å². The van der Waals surface area contributed by atoms with E-state index >= 15 is 0 Å². The second kappa shape index (κ2) is 14.5. The number of methoxy groups -OCH3 is 1. The Hall–Kier alpha value is -3.24. The average molecular weight is 532 g/mol. The summed E-state index contributed by atoms with van der Waals surface area (Å²) in [4.78, 5) is 39.0. The van der Waals surface area contributed by atoms with Crippen LogP contribution < -0.4 is 10.0 Å². The third-order valence-electron chi connectivity index (χ3n) is 5.61. The van der Waals surface area contributed by atoms with Crippen LogP contribution in [-0.4, -0.2) is 63.1 Å². The molecule has 0 heterocycles. The summed E-state index contributed by atoms with van der Waals surface area (Å²) in [7, 11) is -2.58. The van der Waals surface area contributed by atoms with Crippen LogP contribution in [0.1, 0.15) is 48.2 Å². The van der Waals surface area contributed by atoms with E-state index in [4.69, 9.17) is 4.74 Å². The van der Waals surface area contributed by atoms with E-state index in [2.05, 4.69) is 10.0 Å². The fraction of sp³-hybridized carbons (Fsp3) is 0.444. The third-order valence-corrected chi connectivity index (χ3v) is 7.07. The van der Waals surface area contributed by atoms with Gasteiger partial charge in [0.1, 0.15) is 6.04 Å². The minimum Gasteiger partial charge on any atom is -0.468 e. The molecule has 1 atom stereocenters. The van der Waals surface area contributed by atoms with Gasteiger partial charge in [-0.3, -0.25) is 14.4 Å². The molecule has 202 valence electrons. The lowest BCUT2D eigenvalue weighted by molar-refractivity contribution is -0.143. The van der Waals surface area contributed by atoms with Gasteiger partial charge in [0.15, 0.2) is 0 Å². The fourth-order valence-electron chi connectivity index (χ4n) is 3.78. The second-order valence-electron chi connectivity index (χ2n) is 9.35. The van der Waals surface area contributed by atoms with Crippen molar-refractivity contribution in [3.63, 3.8) is 0 Å². The number of carbonyl (C=O) groups excluding carboxylic acids is 3. The molecule has 0 radical (unpaired) electrons. The zero-order valence-electron chi connectivity index (χ0n) is 21.9. The summed E-state index contributed by atoms with van der Waals surface area (Å²) in [5.41, 5.74) is 2.27. The molecular formula is C27H37N3O6S. The van der Waals surface area contributed by atoms with Gasteiger partial charge in [0, 0.05) is 18.7 Å². The fourth-order valence-corrected chi connectivity index (χ4v) is 5.03. The number of rotatable bonds is 14. The smallest absolute Gasteiger partial charge is 0.323 e. The first-order valence-corrected chi connectivity index (χ1v) is 13.9. The highest BCUT2D eigenvalue weighted by molar-refractivity contribution is 7.89. The standard InChI is InChI=1S/C27H37N3O6S/c1-20(2)16-24(27(33)36-4)29-37(34,35)15-9-14-30(19-22-11-6-5-7-12-22)25(31)18-28-26(32)23-13-8-10-21(3)17-23/h5-8,10-13,17,20,24,29H,9,14-16,18-19H2,1-4H3,(H,28,32). The Morgan fingerprint density at radius 1 is 1.03 bits per heavy atom. The predicted octanol–water partition coefficient (Wildman–Crippen LogP) is 2.65. The zero-order chi connectivity index (χ0) is 27.4. The summed E-state index contributed by atoms with van der Waals surface area (Å²) >= 11 is 0. The number of nitrogens with one attached hydrogen (secondary N) is 2. The molecule has 2 amide bonds. The molecule has 0 bridgehead atoms. The van der Waals surface area contributed by atoms with Crippen LogP contribution in [0.4, 0.5) is 0 Å². The highest BCUT2D eigenvalue weighted by atomic mass is 32.2. The first kappa shape index (κ1) is 30.0. The molecule has 2 aromatic rings. The third kappa shape index (κ3) is 10.7. The SMILES string of the molecule is COC(=O)C(CC(C)C)NS(=O)(=O)CCCN(Cc1ccccc1)C(=O)CNC(=O)c1cccc(C)c1. The second-order valence-corrected chi connectivity index (χ2v) is 11.2. The molecule has 0 spiro atoms. The number of nitrogens with zero attached hydrogens (tertiary/aromatic N) is 1. The number of amides is 2. The van der Waals surface area contributed by atoms with Crippen molar-refractivity contribution in [3.8, 4) is 0 Å². The summed E-state index contributed by atoms with van der Waals surface area (Å²) in [5.74, 6) is -1.51. The zero-order valence-corrected chi connectivity index (χ0v) is 22.7. The number of aryl methyl sites for hydroxylation is 1. The number of benzene rings is 2. The lowest BCUT2D eigenvalue weighted by Gasteiger charge is -2.24. The highest BCUT2D eigenvalue weighted by Crippen LogP contribution is 2.10. The Labute approximate surface area is 219 Å². The van der Waals surface area contributed by atoms with Gasteiger partial charge < -0.3 is 15.0 Å². The Morgan fingerprint density at radius 3 is 2.35 bits per heavy atom. The van der Waals surface area contributed by atoms with Crippen molar-refractivity contribution in [3.05, 3.63) is 71.3 Å². The first-order valence-electron chi connectivity index (χ1n) is 12.2. The van der Waals surface area contributed by atoms with Gasteiger partial charge in [0.05, 0.1) is 19.4 Å². The molecule has 2 N–H and O–H groups in total. The van der Waals surface area contributed by atoms with Crippen molar-refractivity contribution in [2.45, 2.75) is 46.2 Å². The van der Waals surface area contributed by atoms with Crippen LogP contribution in [0.3, 0.4) is 0 Å². The molecule has 9 nitrogen and oxygen atoms in total. The van der Waals surface area contributed by atoms with Gasteiger partial charge in [-0.15, -0.1) is 0 Å². The molecule has 0 aromatic heterocycles. The van der Waals surface area contributed by atoms with Crippen LogP contribution >= 0.6 is 0 Å². The monoisotopic (exact) mass is 531 g/mol. The van der Waals surface area contributed by atoms with Crippen LogP contribution in [0, 0.1) is 12.8 Å². The summed E-state index contributed by atoms with van der Waals surface area (Å²) in [6.45, 7) is 5.85. The van der Waals surface area contributed by atoms with E-state index in [0.29, 0.717) is 12.0 Å². The molecule has 0 aliphatic carbocycles. The van der Waals surface area contributed by atoms with Crippen molar-refractivity contribution in [1.82, 2.24) is 14.9 Å². The van der Waals surface area contributed by atoms with E-state index in [1.807, 2.05) is 57.2 Å². The number of hydrogen-bond donors (Lipinski definition) is 2. The maximum absolute atomic E-state index is 13.0. The van der Waals surface area contributed by atoms with Crippen LogP contribution in [0.15, 0.2) is 54.6 Å². The molecule has 0 aliphatic rings. The summed E-state index contributed by atoms with van der Waals surface area (Å²) in [6, 6.07) is 15.4. The van der Waals surface area contributed by atoms with E-state index in [1.165, 1.54) is 12.0 Å². The van der Waals surface area contributed by atoms with Crippen LogP contribution in [-0.2, 0) is 30.9 Å². The van der Waals surface area contributed by atoms with Gasteiger partial charge in [0.2, 0.25) is 15.9 Å². The number of ether oxygens (including phenoxy) is 1. The van der Waals surface area contributed by atoms with Crippen molar-refractivity contribution in [2.24, 2.45) is 5.92 Å². The molecule has 2 rings (SSSR count). The number of esters is 1. The van der Waals surface area contributed by atoms with Crippen molar-refractivity contribution >= 4 is 27.8 Å². The molecule has 0 fully saturated rings. The average Bonchev–Trinajstić information content (AvgIpc) is 2.85. The van der Waals surface area contributed by atoms with Gasteiger partial charge >= 0.3 is 5.97 Å². The van der Waals surface area contributed by atoms with E-state index < -0.39 is 22.0 Å².